The molecule has 2 saturated heterocycles. The van der Waals surface area contributed by atoms with Crippen LogP contribution in [0.3, 0.4) is 0 Å². The van der Waals surface area contributed by atoms with Gasteiger partial charge in [-0.2, -0.15) is 0 Å². The van der Waals surface area contributed by atoms with Crippen LogP contribution in [0.5, 0.6) is 0 Å². The van der Waals surface area contributed by atoms with Crippen molar-refractivity contribution in [3.8, 4) is 0 Å². The lowest BCUT2D eigenvalue weighted by atomic mass is 9.96. The van der Waals surface area contributed by atoms with Gasteiger partial charge in [-0.25, -0.2) is 4.79 Å². The monoisotopic (exact) mass is 398 g/mol. The first-order valence-electron chi connectivity index (χ1n) is 9.72. The average Bonchev–Trinajstić information content (AvgIpc) is 3.04. The van der Waals surface area contributed by atoms with Crippen LogP contribution in [0.1, 0.15) is 47.3 Å². The summed E-state index contributed by atoms with van der Waals surface area (Å²) in [4.78, 5) is 54.7. The number of nitrogens with one attached hydrogen (secondary N) is 1. The van der Waals surface area contributed by atoms with Gasteiger partial charge in [-0.1, -0.05) is 6.08 Å². The molecule has 0 saturated carbocycles. The summed E-state index contributed by atoms with van der Waals surface area (Å²) in [5.41, 5.74) is 2.00. The Labute approximate surface area is 167 Å². The Morgan fingerprint density at radius 1 is 1.21 bits per heavy atom. The summed E-state index contributed by atoms with van der Waals surface area (Å²) < 4.78 is 0. The number of carboxylic acid groups (broad SMARTS) is 1. The smallest absolute Gasteiger partial charge is 0.407 e. The number of fused-ring (bicyclic) bond motifs is 1. The number of hydrogen-bond acceptors (Lipinski definition) is 5. The van der Waals surface area contributed by atoms with Crippen LogP contribution < -0.4 is 5.32 Å². The van der Waals surface area contributed by atoms with Crippen LogP contribution in [0.25, 0.3) is 6.08 Å². The summed E-state index contributed by atoms with van der Waals surface area (Å²) in [7, 11) is 0. The number of allylic oxidation sites excluding steroid dienone is 1. The Kier molecular flexibility index (Phi) is 5.04. The molecule has 0 aliphatic carbocycles. The first-order chi connectivity index (χ1) is 13.9. The SMILES string of the molecule is O=C1CCC(N2Cc3c(ccnc3/C=C/C3CCN(C(=O)O)CC3)C2=O)C(=O)N1. The van der Waals surface area contributed by atoms with Crippen LogP contribution in [0.4, 0.5) is 4.79 Å². The van der Waals surface area contributed by atoms with Gasteiger partial charge in [0.1, 0.15) is 6.04 Å². The molecule has 29 heavy (non-hydrogen) atoms. The molecule has 1 atom stereocenters. The number of piperidine rings is 2. The van der Waals surface area contributed by atoms with Gasteiger partial charge in [-0.3, -0.25) is 24.7 Å². The van der Waals surface area contributed by atoms with Gasteiger partial charge in [-0.15, -0.1) is 0 Å². The summed E-state index contributed by atoms with van der Waals surface area (Å²) in [5, 5.41) is 11.3. The Bertz CT molecular complexity index is 904. The van der Waals surface area contributed by atoms with E-state index in [0.717, 1.165) is 18.4 Å². The van der Waals surface area contributed by atoms with E-state index in [1.54, 1.807) is 12.3 Å². The molecule has 0 bridgehead atoms. The Balaban J connectivity index is 1.48. The summed E-state index contributed by atoms with van der Waals surface area (Å²) in [6.45, 7) is 1.30. The molecular formula is C20H22N4O5. The van der Waals surface area contributed by atoms with Crippen molar-refractivity contribution in [3.63, 3.8) is 0 Å². The molecule has 4 rings (SSSR count). The highest BCUT2D eigenvalue weighted by atomic mass is 16.4. The predicted octanol–water partition coefficient (Wildman–Crippen LogP) is 1.25. The lowest BCUT2D eigenvalue weighted by molar-refractivity contribution is -0.136. The van der Waals surface area contributed by atoms with Crippen LogP contribution in [0.15, 0.2) is 18.3 Å². The molecule has 0 spiro atoms. The molecule has 3 aliphatic heterocycles. The van der Waals surface area contributed by atoms with Gasteiger partial charge in [0.2, 0.25) is 11.8 Å². The van der Waals surface area contributed by atoms with E-state index in [0.29, 0.717) is 30.8 Å². The second-order valence-corrected chi connectivity index (χ2v) is 7.59. The van der Waals surface area contributed by atoms with E-state index in [4.69, 9.17) is 5.11 Å². The molecule has 4 amide bonds. The predicted molar refractivity (Wildman–Crippen MR) is 102 cm³/mol. The first kappa shape index (κ1) is 19.1. The number of amides is 4. The fraction of sp³-hybridized carbons (Fsp3) is 0.450. The van der Waals surface area contributed by atoms with E-state index in [2.05, 4.69) is 10.3 Å². The maximum Gasteiger partial charge on any atom is 0.407 e. The lowest BCUT2D eigenvalue weighted by Gasteiger charge is -2.29. The number of rotatable bonds is 3. The molecule has 152 valence electrons. The van der Waals surface area contributed by atoms with Crippen molar-refractivity contribution in [3.05, 3.63) is 35.2 Å². The minimum Gasteiger partial charge on any atom is -0.465 e. The zero-order chi connectivity index (χ0) is 20.5. The standard InChI is InChI=1S/C20H22N4O5/c25-17-4-3-16(18(26)22-17)24-11-14-13(19(24)27)5-8-21-15(14)2-1-12-6-9-23(10-7-12)20(28)29/h1-2,5,8,12,16H,3-4,6-7,9-11H2,(H,28,29)(H,22,25,26)/b2-1+. The zero-order valence-corrected chi connectivity index (χ0v) is 15.8. The average molecular weight is 398 g/mol. The number of carbonyl (C=O) groups is 4. The van der Waals surface area contributed by atoms with Gasteiger partial charge < -0.3 is 14.9 Å². The molecule has 9 nitrogen and oxygen atoms in total. The molecule has 1 aromatic heterocycles. The lowest BCUT2D eigenvalue weighted by Crippen LogP contribution is -2.52. The number of nitrogens with zero attached hydrogens (tertiary/aromatic N) is 3. The van der Waals surface area contributed by atoms with Gasteiger partial charge >= 0.3 is 6.09 Å². The Morgan fingerprint density at radius 2 is 1.97 bits per heavy atom. The van der Waals surface area contributed by atoms with E-state index in [1.807, 2.05) is 12.2 Å². The number of aromatic nitrogens is 1. The van der Waals surface area contributed by atoms with Gasteiger partial charge in [0.25, 0.3) is 5.91 Å². The van der Waals surface area contributed by atoms with Crippen LogP contribution in [-0.2, 0) is 16.1 Å². The van der Waals surface area contributed by atoms with Crippen molar-refractivity contribution < 1.29 is 24.3 Å². The van der Waals surface area contributed by atoms with Crippen molar-refractivity contribution in [2.75, 3.05) is 13.1 Å². The second-order valence-electron chi connectivity index (χ2n) is 7.59. The van der Waals surface area contributed by atoms with E-state index in [-0.39, 0.29) is 30.7 Å². The molecule has 3 aliphatic rings. The normalized spacial score (nSPS) is 22.9. The Morgan fingerprint density at radius 3 is 2.66 bits per heavy atom. The second kappa shape index (κ2) is 7.65. The third-order valence-corrected chi connectivity index (χ3v) is 5.83. The van der Waals surface area contributed by atoms with Crippen LogP contribution >= 0.6 is 0 Å². The van der Waals surface area contributed by atoms with Gasteiger partial charge in [0.05, 0.1) is 5.69 Å². The van der Waals surface area contributed by atoms with E-state index in [1.165, 1.54) is 9.80 Å². The first-order valence-corrected chi connectivity index (χ1v) is 9.72. The quantitative estimate of drug-likeness (QED) is 0.740. The molecule has 1 aromatic rings. The maximum absolute atomic E-state index is 12.8. The Hall–Kier alpha value is -3.23. The summed E-state index contributed by atoms with van der Waals surface area (Å²) in [5.74, 6) is -0.708. The third kappa shape index (κ3) is 3.72. The molecule has 2 fully saturated rings. The number of likely N-dealkylation sites (tertiary alicyclic amines) is 1. The van der Waals surface area contributed by atoms with Crippen molar-refractivity contribution in [1.29, 1.82) is 0 Å². The molecule has 0 aromatic carbocycles. The summed E-state index contributed by atoms with van der Waals surface area (Å²) in [6.07, 6.45) is 6.65. The third-order valence-electron chi connectivity index (χ3n) is 5.83. The van der Waals surface area contributed by atoms with E-state index < -0.39 is 18.0 Å². The maximum atomic E-state index is 12.8. The topological polar surface area (TPSA) is 120 Å². The highest BCUT2D eigenvalue weighted by Crippen LogP contribution is 2.30. The largest absolute Gasteiger partial charge is 0.465 e. The number of imide groups is 1. The summed E-state index contributed by atoms with van der Waals surface area (Å²) >= 11 is 0. The van der Waals surface area contributed by atoms with Crippen LogP contribution in [0.2, 0.25) is 0 Å². The minimum atomic E-state index is -0.887. The van der Waals surface area contributed by atoms with Crippen LogP contribution in [0, 0.1) is 5.92 Å². The van der Waals surface area contributed by atoms with Crippen molar-refractivity contribution in [2.45, 2.75) is 38.3 Å². The number of pyridine rings is 1. The molecule has 0 radical (unpaired) electrons. The summed E-state index contributed by atoms with van der Waals surface area (Å²) in [6, 6.07) is 1.01. The molecule has 4 heterocycles. The fourth-order valence-electron chi connectivity index (χ4n) is 4.16. The van der Waals surface area contributed by atoms with Crippen LogP contribution in [-0.4, -0.2) is 62.8 Å². The highest BCUT2D eigenvalue weighted by molar-refractivity contribution is 6.05. The molecule has 1 unspecified atom stereocenters. The highest BCUT2D eigenvalue weighted by Gasteiger charge is 2.39. The molecule has 2 N–H and O–H groups in total. The van der Waals surface area contributed by atoms with Gasteiger partial charge in [0.15, 0.2) is 0 Å². The van der Waals surface area contributed by atoms with Gasteiger partial charge in [0, 0.05) is 43.4 Å². The van der Waals surface area contributed by atoms with E-state index in [9.17, 15) is 19.2 Å². The number of carbonyl (C=O) groups excluding carboxylic acids is 3. The zero-order valence-electron chi connectivity index (χ0n) is 15.8. The van der Waals surface area contributed by atoms with E-state index >= 15 is 0 Å². The molecule has 9 heteroatoms. The molecular weight excluding hydrogens is 376 g/mol. The van der Waals surface area contributed by atoms with Crippen molar-refractivity contribution in [1.82, 2.24) is 20.1 Å². The minimum absolute atomic E-state index is 0.219. The van der Waals surface area contributed by atoms with Crippen molar-refractivity contribution in [2.24, 2.45) is 5.92 Å². The van der Waals surface area contributed by atoms with Gasteiger partial charge in [-0.05, 0) is 37.3 Å². The van der Waals surface area contributed by atoms with Crippen molar-refractivity contribution >= 4 is 29.9 Å². The fourth-order valence-corrected chi connectivity index (χ4v) is 4.16. The number of hydrogen-bond donors (Lipinski definition) is 2.